The molecule has 0 aliphatic rings. The van der Waals surface area contributed by atoms with Crippen LogP contribution in [-0.4, -0.2) is 0 Å². The lowest BCUT2D eigenvalue weighted by Gasteiger charge is -2.10. The average Bonchev–Trinajstić information content (AvgIpc) is 2.43. The minimum Gasteiger partial charge on any atom is -0.376 e. The van der Waals surface area contributed by atoms with Gasteiger partial charge < -0.3 is 5.32 Å². The van der Waals surface area contributed by atoms with Crippen LogP contribution >= 0.6 is 0 Å². The Kier molecular flexibility index (Phi) is 3.87. The summed E-state index contributed by atoms with van der Waals surface area (Å²) in [6.45, 7) is -0.296. The van der Waals surface area contributed by atoms with Crippen LogP contribution in [0, 0.1) is 34.9 Å². The van der Waals surface area contributed by atoms with Crippen molar-refractivity contribution in [2.75, 3.05) is 5.32 Å². The number of hydrogen-bond donors (Lipinski definition) is 1. The minimum atomic E-state index is -2.23. The lowest BCUT2D eigenvalue weighted by Crippen LogP contribution is -2.09. The monoisotopic (exact) mass is 291 g/mol. The van der Waals surface area contributed by atoms with Crippen LogP contribution in [0.1, 0.15) is 5.56 Å². The summed E-state index contributed by atoms with van der Waals surface area (Å²) in [6, 6.07) is 5.01. The van der Waals surface area contributed by atoms with Gasteiger partial charge in [-0.2, -0.15) is 0 Å². The molecule has 2 rings (SSSR count). The molecule has 1 nitrogen and oxygen atoms in total. The van der Waals surface area contributed by atoms with Crippen LogP contribution in [0.2, 0.25) is 0 Å². The van der Waals surface area contributed by atoms with Crippen LogP contribution in [0.15, 0.2) is 24.3 Å². The van der Waals surface area contributed by atoms with E-state index in [9.17, 15) is 26.3 Å². The fourth-order valence-electron chi connectivity index (χ4n) is 1.60. The highest BCUT2D eigenvalue weighted by Gasteiger charge is 2.25. The molecule has 0 aliphatic carbocycles. The van der Waals surface area contributed by atoms with E-state index in [1.54, 1.807) is 0 Å². The van der Waals surface area contributed by atoms with Crippen molar-refractivity contribution in [1.82, 2.24) is 0 Å². The summed E-state index contributed by atoms with van der Waals surface area (Å²) in [5, 5.41) is 2.07. The first kappa shape index (κ1) is 14.2. The average molecular weight is 291 g/mol. The van der Waals surface area contributed by atoms with E-state index >= 15 is 0 Å². The van der Waals surface area contributed by atoms with E-state index in [2.05, 4.69) is 5.32 Å². The number of halogens is 6. The van der Waals surface area contributed by atoms with Crippen molar-refractivity contribution >= 4 is 5.69 Å². The maximum atomic E-state index is 13.3. The highest BCUT2D eigenvalue weighted by molar-refractivity contribution is 5.48. The molecule has 0 atom stereocenters. The van der Waals surface area contributed by atoms with Crippen LogP contribution in [0.5, 0.6) is 0 Å². The second-order valence-corrected chi connectivity index (χ2v) is 3.93. The van der Waals surface area contributed by atoms with E-state index in [1.807, 2.05) is 0 Å². The maximum absolute atomic E-state index is 13.3. The Morgan fingerprint density at radius 3 is 1.85 bits per heavy atom. The SMILES string of the molecule is Fc1cccc(CNc2c(F)c(F)c(F)c(F)c2F)c1. The predicted octanol–water partition coefficient (Wildman–Crippen LogP) is 4.13. The van der Waals surface area contributed by atoms with Crippen molar-refractivity contribution in [1.29, 1.82) is 0 Å². The number of anilines is 1. The van der Waals surface area contributed by atoms with Gasteiger partial charge in [-0.25, -0.2) is 26.3 Å². The topological polar surface area (TPSA) is 12.0 Å². The summed E-state index contributed by atoms with van der Waals surface area (Å²) < 4.78 is 78.2. The molecule has 1 N–H and O–H groups in total. The molecule has 0 unspecified atom stereocenters. The summed E-state index contributed by atoms with van der Waals surface area (Å²) >= 11 is 0. The van der Waals surface area contributed by atoms with Crippen LogP contribution in [0.3, 0.4) is 0 Å². The van der Waals surface area contributed by atoms with Crippen LogP contribution in [0.4, 0.5) is 32.0 Å². The normalized spacial score (nSPS) is 10.7. The van der Waals surface area contributed by atoms with Crippen molar-refractivity contribution in [2.24, 2.45) is 0 Å². The third kappa shape index (κ3) is 2.56. The van der Waals surface area contributed by atoms with Gasteiger partial charge in [-0.05, 0) is 17.7 Å². The van der Waals surface area contributed by atoms with Crippen molar-refractivity contribution < 1.29 is 26.3 Å². The lowest BCUT2D eigenvalue weighted by atomic mass is 10.2. The lowest BCUT2D eigenvalue weighted by molar-refractivity contribution is 0.381. The van der Waals surface area contributed by atoms with Gasteiger partial charge in [-0.15, -0.1) is 0 Å². The quantitative estimate of drug-likeness (QED) is 0.509. The Balaban J connectivity index is 2.30. The molecule has 0 saturated heterocycles. The Hall–Kier alpha value is -2.18. The first-order chi connectivity index (χ1) is 9.41. The summed E-state index contributed by atoms with van der Waals surface area (Å²) in [5.41, 5.74) is -0.861. The summed E-state index contributed by atoms with van der Waals surface area (Å²) in [4.78, 5) is 0. The third-order valence-electron chi connectivity index (χ3n) is 2.57. The van der Waals surface area contributed by atoms with Gasteiger partial charge in [0.25, 0.3) is 0 Å². The zero-order valence-electron chi connectivity index (χ0n) is 9.78. The molecule has 0 bridgehead atoms. The maximum Gasteiger partial charge on any atom is 0.200 e. The largest absolute Gasteiger partial charge is 0.376 e. The van der Waals surface area contributed by atoms with Gasteiger partial charge in [0.2, 0.25) is 5.82 Å². The Bertz CT molecular complexity index is 627. The molecule has 0 spiro atoms. The standard InChI is InChI=1S/C13H7F6N/c14-7-3-1-2-6(4-7)5-20-13-11(18)9(16)8(15)10(17)12(13)19/h1-4,20H,5H2. The molecule has 2 aromatic carbocycles. The van der Waals surface area contributed by atoms with Crippen molar-refractivity contribution in [3.63, 3.8) is 0 Å². The number of benzene rings is 2. The number of hydrogen-bond acceptors (Lipinski definition) is 1. The molecule has 0 aromatic heterocycles. The molecule has 0 heterocycles. The highest BCUT2D eigenvalue weighted by atomic mass is 19.2. The second-order valence-electron chi connectivity index (χ2n) is 3.93. The van der Waals surface area contributed by atoms with Gasteiger partial charge in [0, 0.05) is 6.54 Å². The van der Waals surface area contributed by atoms with E-state index in [0.29, 0.717) is 0 Å². The smallest absolute Gasteiger partial charge is 0.200 e. The van der Waals surface area contributed by atoms with Crippen LogP contribution < -0.4 is 5.32 Å². The highest BCUT2D eigenvalue weighted by Crippen LogP contribution is 2.27. The Labute approximate surface area is 109 Å². The molecule has 2 aromatic rings. The molecule has 0 saturated carbocycles. The van der Waals surface area contributed by atoms with Gasteiger partial charge in [0.15, 0.2) is 23.3 Å². The fourth-order valence-corrected chi connectivity index (χ4v) is 1.60. The molecule has 106 valence electrons. The number of rotatable bonds is 3. The van der Waals surface area contributed by atoms with Gasteiger partial charge in [0.05, 0.1) is 0 Å². The number of nitrogens with one attached hydrogen (secondary N) is 1. The van der Waals surface area contributed by atoms with Crippen LogP contribution in [-0.2, 0) is 6.54 Å². The molecule has 0 amide bonds. The van der Waals surface area contributed by atoms with Crippen LogP contribution in [0.25, 0.3) is 0 Å². The zero-order valence-corrected chi connectivity index (χ0v) is 9.78. The minimum absolute atomic E-state index is 0.286. The van der Waals surface area contributed by atoms with E-state index in [1.165, 1.54) is 12.1 Å². The van der Waals surface area contributed by atoms with Gasteiger partial charge in [-0.1, -0.05) is 12.1 Å². The van der Waals surface area contributed by atoms with E-state index in [0.717, 1.165) is 12.1 Å². The summed E-state index contributed by atoms with van der Waals surface area (Å²) in [5.74, 6) is -10.8. The first-order valence-corrected chi connectivity index (χ1v) is 5.41. The van der Waals surface area contributed by atoms with Gasteiger partial charge >= 0.3 is 0 Å². The van der Waals surface area contributed by atoms with E-state index in [-0.39, 0.29) is 12.1 Å². The Morgan fingerprint density at radius 2 is 1.30 bits per heavy atom. The summed E-state index contributed by atoms with van der Waals surface area (Å²) in [6.07, 6.45) is 0. The van der Waals surface area contributed by atoms with E-state index < -0.39 is 40.6 Å². The van der Waals surface area contributed by atoms with Crippen molar-refractivity contribution in [3.8, 4) is 0 Å². The fraction of sp³-hybridized carbons (Fsp3) is 0.0769. The van der Waals surface area contributed by atoms with Crippen molar-refractivity contribution in [3.05, 3.63) is 64.7 Å². The molecule has 0 aliphatic heterocycles. The van der Waals surface area contributed by atoms with Gasteiger partial charge in [-0.3, -0.25) is 0 Å². The van der Waals surface area contributed by atoms with Crippen molar-refractivity contribution in [2.45, 2.75) is 6.54 Å². The second kappa shape index (κ2) is 5.44. The molecule has 20 heavy (non-hydrogen) atoms. The van der Waals surface area contributed by atoms with Gasteiger partial charge in [0.1, 0.15) is 11.5 Å². The first-order valence-electron chi connectivity index (χ1n) is 5.41. The third-order valence-corrected chi connectivity index (χ3v) is 2.57. The summed E-state index contributed by atoms with van der Waals surface area (Å²) in [7, 11) is 0. The zero-order chi connectivity index (χ0) is 14.9. The molecule has 0 radical (unpaired) electrons. The molecule has 7 heteroatoms. The molecule has 0 fully saturated rings. The predicted molar refractivity (Wildman–Crippen MR) is 60.0 cm³/mol. The molecular formula is C13H7F6N. The Morgan fingerprint density at radius 1 is 0.750 bits per heavy atom. The molecular weight excluding hydrogens is 284 g/mol. The van der Waals surface area contributed by atoms with E-state index in [4.69, 9.17) is 0 Å².